The van der Waals surface area contributed by atoms with E-state index in [-0.39, 0.29) is 11.3 Å². The van der Waals surface area contributed by atoms with E-state index in [1.807, 2.05) is 4.68 Å². The zero-order chi connectivity index (χ0) is 18.6. The molecule has 0 bridgehead atoms. The minimum absolute atomic E-state index is 0.196. The van der Waals surface area contributed by atoms with Crippen LogP contribution in [0.25, 0.3) is 0 Å². The second-order valence-electron chi connectivity index (χ2n) is 7.98. The van der Waals surface area contributed by atoms with E-state index in [9.17, 15) is 4.79 Å². The molecule has 0 N–H and O–H groups in total. The quantitative estimate of drug-likeness (QED) is 0.798. The second kappa shape index (κ2) is 8.02. The zero-order valence-electron chi connectivity index (χ0n) is 16.2. The van der Waals surface area contributed by atoms with Crippen molar-refractivity contribution in [1.82, 2.24) is 19.7 Å². The molecule has 1 aliphatic rings. The van der Waals surface area contributed by atoms with Gasteiger partial charge in [0.15, 0.2) is 0 Å². The van der Waals surface area contributed by atoms with Crippen LogP contribution in [0.1, 0.15) is 44.2 Å². The molecule has 0 atom stereocenters. The number of rotatable bonds is 6. The molecular formula is C21H30N4O. The van der Waals surface area contributed by atoms with Crippen molar-refractivity contribution in [2.75, 3.05) is 13.1 Å². The number of piperidine rings is 1. The molecule has 26 heavy (non-hydrogen) atoms. The topological polar surface area (TPSA) is 51.0 Å². The maximum Gasteiger partial charge on any atom is 0.222 e. The van der Waals surface area contributed by atoms with E-state index in [1.54, 1.807) is 12.7 Å². The standard InChI is InChI=1S/C21H30N4O/c1-17(2)21(14-25-16-22-15-23-25)10-12-24(13-11-21)20(26)9-8-19-6-4-18(3)5-7-19/h4-7,15-17H,8-14H2,1-3H3. The van der Waals surface area contributed by atoms with Gasteiger partial charge >= 0.3 is 0 Å². The Bertz CT molecular complexity index is 698. The molecule has 140 valence electrons. The van der Waals surface area contributed by atoms with Gasteiger partial charge in [0, 0.05) is 26.1 Å². The van der Waals surface area contributed by atoms with Gasteiger partial charge in [-0.3, -0.25) is 9.48 Å². The van der Waals surface area contributed by atoms with E-state index < -0.39 is 0 Å². The minimum atomic E-state index is 0.196. The Kier molecular flexibility index (Phi) is 5.74. The number of amides is 1. The van der Waals surface area contributed by atoms with Crippen molar-refractivity contribution < 1.29 is 4.79 Å². The van der Waals surface area contributed by atoms with Crippen LogP contribution in [0.4, 0.5) is 0 Å². The Morgan fingerprint density at radius 1 is 1.19 bits per heavy atom. The van der Waals surface area contributed by atoms with E-state index in [1.165, 1.54) is 11.1 Å². The summed E-state index contributed by atoms with van der Waals surface area (Å²) < 4.78 is 1.94. The molecule has 0 aliphatic carbocycles. The van der Waals surface area contributed by atoms with Gasteiger partial charge in [-0.1, -0.05) is 43.7 Å². The number of aromatic nitrogens is 3. The first-order valence-corrected chi connectivity index (χ1v) is 9.64. The number of benzene rings is 1. The van der Waals surface area contributed by atoms with E-state index in [2.05, 4.69) is 60.0 Å². The summed E-state index contributed by atoms with van der Waals surface area (Å²) in [6.45, 7) is 9.23. The van der Waals surface area contributed by atoms with Gasteiger partial charge in [0.2, 0.25) is 5.91 Å². The number of carbonyl (C=O) groups is 1. The summed E-state index contributed by atoms with van der Waals surface area (Å²) in [7, 11) is 0. The molecule has 1 saturated heterocycles. The smallest absolute Gasteiger partial charge is 0.222 e. The average molecular weight is 354 g/mol. The minimum Gasteiger partial charge on any atom is -0.343 e. The Hall–Kier alpha value is -2.17. The van der Waals surface area contributed by atoms with Crippen molar-refractivity contribution in [3.63, 3.8) is 0 Å². The average Bonchev–Trinajstić information content (AvgIpc) is 3.14. The summed E-state index contributed by atoms with van der Waals surface area (Å²) in [6, 6.07) is 8.48. The van der Waals surface area contributed by atoms with Crippen molar-refractivity contribution in [3.05, 3.63) is 48.0 Å². The Morgan fingerprint density at radius 2 is 1.88 bits per heavy atom. The van der Waals surface area contributed by atoms with Crippen LogP contribution in [0, 0.1) is 18.3 Å². The highest BCUT2D eigenvalue weighted by Gasteiger charge is 2.38. The monoisotopic (exact) mass is 354 g/mol. The lowest BCUT2D eigenvalue weighted by molar-refractivity contribution is -0.134. The van der Waals surface area contributed by atoms with E-state index in [4.69, 9.17) is 0 Å². The van der Waals surface area contributed by atoms with E-state index in [0.29, 0.717) is 12.3 Å². The van der Waals surface area contributed by atoms with Gasteiger partial charge in [-0.05, 0) is 43.1 Å². The predicted molar refractivity (Wildman–Crippen MR) is 103 cm³/mol. The van der Waals surface area contributed by atoms with E-state index >= 15 is 0 Å². The highest BCUT2D eigenvalue weighted by atomic mass is 16.2. The lowest BCUT2D eigenvalue weighted by Gasteiger charge is -2.44. The van der Waals surface area contributed by atoms with Crippen molar-refractivity contribution in [3.8, 4) is 0 Å². The van der Waals surface area contributed by atoms with Gasteiger partial charge in [-0.25, -0.2) is 4.98 Å². The highest BCUT2D eigenvalue weighted by Crippen LogP contribution is 2.40. The summed E-state index contributed by atoms with van der Waals surface area (Å²) >= 11 is 0. The summed E-state index contributed by atoms with van der Waals surface area (Å²) in [6.07, 6.45) is 6.87. The molecule has 5 heteroatoms. The fourth-order valence-electron chi connectivity index (χ4n) is 3.92. The van der Waals surface area contributed by atoms with Gasteiger partial charge in [0.1, 0.15) is 12.7 Å². The SMILES string of the molecule is Cc1ccc(CCC(=O)N2CCC(Cn3cncn3)(C(C)C)CC2)cc1. The van der Waals surface area contributed by atoms with Crippen molar-refractivity contribution >= 4 is 5.91 Å². The van der Waals surface area contributed by atoms with Gasteiger partial charge in [-0.15, -0.1) is 0 Å². The molecule has 2 aromatic rings. The molecule has 0 saturated carbocycles. The Labute approximate surface area is 156 Å². The van der Waals surface area contributed by atoms with Gasteiger partial charge in [-0.2, -0.15) is 5.10 Å². The third-order valence-corrected chi connectivity index (χ3v) is 6.03. The van der Waals surface area contributed by atoms with Gasteiger partial charge in [0.25, 0.3) is 0 Å². The number of aryl methyl sites for hydroxylation is 2. The number of hydrogen-bond acceptors (Lipinski definition) is 3. The number of hydrogen-bond donors (Lipinski definition) is 0. The Balaban J connectivity index is 1.54. The lowest BCUT2D eigenvalue weighted by Crippen LogP contribution is -2.47. The molecule has 1 amide bonds. The molecular weight excluding hydrogens is 324 g/mol. The maximum absolute atomic E-state index is 12.6. The first kappa shape index (κ1) is 18.6. The third-order valence-electron chi connectivity index (χ3n) is 6.03. The van der Waals surface area contributed by atoms with Crippen molar-refractivity contribution in [2.45, 2.75) is 53.0 Å². The lowest BCUT2D eigenvalue weighted by atomic mass is 9.70. The molecule has 5 nitrogen and oxygen atoms in total. The summed E-state index contributed by atoms with van der Waals surface area (Å²) in [5.74, 6) is 0.834. The van der Waals surface area contributed by atoms with Crippen LogP contribution in [-0.2, 0) is 17.8 Å². The highest BCUT2D eigenvalue weighted by molar-refractivity contribution is 5.76. The summed E-state index contributed by atoms with van der Waals surface area (Å²) in [4.78, 5) is 18.8. The second-order valence-corrected chi connectivity index (χ2v) is 7.98. The first-order chi connectivity index (χ1) is 12.5. The molecule has 2 heterocycles. The van der Waals surface area contributed by atoms with Crippen LogP contribution < -0.4 is 0 Å². The molecule has 0 spiro atoms. The van der Waals surface area contributed by atoms with Crippen molar-refractivity contribution in [1.29, 1.82) is 0 Å². The van der Waals surface area contributed by atoms with E-state index in [0.717, 1.165) is 38.9 Å². The van der Waals surface area contributed by atoms with Gasteiger partial charge < -0.3 is 4.90 Å². The molecule has 1 aromatic carbocycles. The predicted octanol–water partition coefficient (Wildman–Crippen LogP) is 3.48. The molecule has 0 unspecified atom stereocenters. The molecule has 1 aliphatic heterocycles. The summed E-state index contributed by atoms with van der Waals surface area (Å²) in [5, 5.41) is 4.29. The normalized spacial score (nSPS) is 16.8. The zero-order valence-corrected chi connectivity index (χ0v) is 16.2. The van der Waals surface area contributed by atoms with Gasteiger partial charge in [0.05, 0.1) is 0 Å². The fourth-order valence-corrected chi connectivity index (χ4v) is 3.92. The largest absolute Gasteiger partial charge is 0.343 e. The summed E-state index contributed by atoms with van der Waals surface area (Å²) in [5.41, 5.74) is 2.69. The number of carbonyl (C=O) groups excluding carboxylic acids is 1. The molecule has 1 fully saturated rings. The van der Waals surface area contributed by atoms with Crippen LogP contribution in [-0.4, -0.2) is 38.7 Å². The molecule has 0 radical (unpaired) electrons. The number of nitrogens with zero attached hydrogens (tertiary/aromatic N) is 4. The van der Waals surface area contributed by atoms with Crippen LogP contribution in [0.5, 0.6) is 0 Å². The fraction of sp³-hybridized carbons (Fsp3) is 0.571. The van der Waals surface area contributed by atoms with Crippen LogP contribution >= 0.6 is 0 Å². The molecule has 3 rings (SSSR count). The van der Waals surface area contributed by atoms with Crippen LogP contribution in [0.3, 0.4) is 0 Å². The third kappa shape index (κ3) is 4.32. The van der Waals surface area contributed by atoms with Crippen molar-refractivity contribution in [2.24, 2.45) is 11.3 Å². The maximum atomic E-state index is 12.6. The molecule has 1 aromatic heterocycles. The Morgan fingerprint density at radius 3 is 2.46 bits per heavy atom. The first-order valence-electron chi connectivity index (χ1n) is 9.64. The van der Waals surface area contributed by atoms with Crippen LogP contribution in [0.15, 0.2) is 36.9 Å². The van der Waals surface area contributed by atoms with Crippen LogP contribution in [0.2, 0.25) is 0 Å². The number of likely N-dealkylation sites (tertiary alicyclic amines) is 1.